The summed E-state index contributed by atoms with van der Waals surface area (Å²) in [5.41, 5.74) is 1.58. The van der Waals surface area contributed by atoms with E-state index in [0.717, 1.165) is 37.9 Å². The molecule has 0 radical (unpaired) electrons. The minimum atomic E-state index is -0.995. The number of aryl methyl sites for hydroxylation is 1. The fourth-order valence-electron chi connectivity index (χ4n) is 3.53. The normalized spacial score (nSPS) is 21.0. The van der Waals surface area contributed by atoms with Crippen LogP contribution in [0.5, 0.6) is 5.75 Å². The van der Waals surface area contributed by atoms with Crippen molar-refractivity contribution in [1.29, 1.82) is 0 Å². The number of hydrogen-bond donors (Lipinski definition) is 1. The molecule has 0 spiro atoms. The summed E-state index contributed by atoms with van der Waals surface area (Å²) in [6.45, 7) is 0. The molecular formula is C17H22O3. The monoisotopic (exact) mass is 274 g/mol. The number of aliphatic carboxylic acids is 1. The molecule has 0 atom stereocenters. The smallest absolute Gasteiger partial charge is 0.348 e. The maximum absolute atomic E-state index is 11.7. The lowest BCUT2D eigenvalue weighted by molar-refractivity contribution is -0.158. The van der Waals surface area contributed by atoms with Crippen molar-refractivity contribution in [3.8, 4) is 5.75 Å². The summed E-state index contributed by atoms with van der Waals surface area (Å²) in [5.74, 6) is 0.0112. The van der Waals surface area contributed by atoms with Crippen molar-refractivity contribution in [1.82, 2.24) is 0 Å². The average molecular weight is 274 g/mol. The van der Waals surface area contributed by atoms with Crippen molar-refractivity contribution in [2.75, 3.05) is 0 Å². The van der Waals surface area contributed by atoms with Gasteiger partial charge in [0.15, 0.2) is 0 Å². The van der Waals surface area contributed by atoms with Gasteiger partial charge >= 0.3 is 5.97 Å². The van der Waals surface area contributed by atoms with Gasteiger partial charge in [0.05, 0.1) is 0 Å². The predicted octanol–water partition coefficient (Wildman–Crippen LogP) is 3.73. The van der Waals surface area contributed by atoms with E-state index in [2.05, 4.69) is 6.07 Å². The Hall–Kier alpha value is -1.51. The molecule has 0 aliphatic heterocycles. The SMILES string of the molecule is O=C(O)C1(Oc2cccc3c2CCCC3)CCCCC1. The summed E-state index contributed by atoms with van der Waals surface area (Å²) in [7, 11) is 0. The molecule has 0 bridgehead atoms. The number of rotatable bonds is 3. The molecule has 3 nitrogen and oxygen atoms in total. The van der Waals surface area contributed by atoms with Gasteiger partial charge in [0.2, 0.25) is 5.60 Å². The van der Waals surface area contributed by atoms with Gasteiger partial charge in [-0.1, -0.05) is 18.6 Å². The highest BCUT2D eigenvalue weighted by atomic mass is 16.5. The van der Waals surface area contributed by atoms with Crippen molar-refractivity contribution >= 4 is 5.97 Å². The first-order valence-corrected chi connectivity index (χ1v) is 7.74. The number of carboxylic acids is 1. The van der Waals surface area contributed by atoms with Crippen molar-refractivity contribution in [2.45, 2.75) is 63.4 Å². The number of carboxylic acid groups (broad SMARTS) is 1. The van der Waals surface area contributed by atoms with E-state index in [1.165, 1.54) is 24.0 Å². The first kappa shape index (κ1) is 13.5. The Morgan fingerprint density at radius 2 is 1.80 bits per heavy atom. The molecule has 0 amide bonds. The van der Waals surface area contributed by atoms with Gasteiger partial charge in [-0.2, -0.15) is 0 Å². The molecule has 0 heterocycles. The average Bonchev–Trinajstić information content (AvgIpc) is 2.48. The van der Waals surface area contributed by atoms with Crippen LogP contribution >= 0.6 is 0 Å². The summed E-state index contributed by atoms with van der Waals surface area (Å²) >= 11 is 0. The zero-order valence-corrected chi connectivity index (χ0v) is 11.9. The van der Waals surface area contributed by atoms with Crippen LogP contribution in [0.25, 0.3) is 0 Å². The molecule has 2 aliphatic rings. The molecule has 3 heteroatoms. The standard InChI is InChI=1S/C17H22O3/c18-16(19)17(11-4-1-5-12-17)20-15-10-6-8-13-7-2-3-9-14(13)15/h6,8,10H,1-5,7,9,11-12H2,(H,18,19). The minimum Gasteiger partial charge on any atom is -0.478 e. The lowest BCUT2D eigenvalue weighted by Crippen LogP contribution is -2.46. The van der Waals surface area contributed by atoms with E-state index in [1.807, 2.05) is 12.1 Å². The fraction of sp³-hybridized carbons (Fsp3) is 0.588. The molecule has 20 heavy (non-hydrogen) atoms. The Bertz CT molecular complexity index is 501. The molecule has 0 unspecified atom stereocenters. The van der Waals surface area contributed by atoms with Crippen LogP contribution in [-0.4, -0.2) is 16.7 Å². The molecule has 1 N–H and O–H groups in total. The summed E-state index contributed by atoms with van der Waals surface area (Å²) in [5, 5.41) is 9.63. The van der Waals surface area contributed by atoms with E-state index in [0.29, 0.717) is 12.8 Å². The molecule has 2 aliphatic carbocycles. The van der Waals surface area contributed by atoms with Crippen molar-refractivity contribution in [3.05, 3.63) is 29.3 Å². The van der Waals surface area contributed by atoms with Gasteiger partial charge in [0.25, 0.3) is 0 Å². The van der Waals surface area contributed by atoms with Gasteiger partial charge in [0.1, 0.15) is 5.75 Å². The van der Waals surface area contributed by atoms with Gasteiger partial charge in [0, 0.05) is 0 Å². The molecule has 0 aromatic heterocycles. The van der Waals surface area contributed by atoms with Crippen molar-refractivity contribution in [3.63, 3.8) is 0 Å². The Morgan fingerprint density at radius 1 is 1.05 bits per heavy atom. The summed E-state index contributed by atoms with van der Waals surface area (Å²) in [4.78, 5) is 11.7. The quantitative estimate of drug-likeness (QED) is 0.913. The number of ether oxygens (including phenoxy) is 1. The Morgan fingerprint density at radius 3 is 2.55 bits per heavy atom. The topological polar surface area (TPSA) is 46.5 Å². The van der Waals surface area contributed by atoms with Crippen LogP contribution in [0.4, 0.5) is 0 Å². The van der Waals surface area contributed by atoms with E-state index in [1.54, 1.807) is 0 Å². The third kappa shape index (κ3) is 2.41. The first-order chi connectivity index (χ1) is 9.71. The number of hydrogen-bond acceptors (Lipinski definition) is 2. The molecule has 1 saturated carbocycles. The molecule has 0 saturated heterocycles. The van der Waals surface area contributed by atoms with Crippen LogP contribution in [0.15, 0.2) is 18.2 Å². The fourth-order valence-corrected chi connectivity index (χ4v) is 3.53. The maximum atomic E-state index is 11.7. The highest BCUT2D eigenvalue weighted by Gasteiger charge is 2.42. The minimum absolute atomic E-state index is 0.631. The molecular weight excluding hydrogens is 252 g/mol. The molecule has 3 rings (SSSR count). The largest absolute Gasteiger partial charge is 0.478 e. The van der Waals surface area contributed by atoms with E-state index in [-0.39, 0.29) is 0 Å². The zero-order valence-electron chi connectivity index (χ0n) is 11.9. The number of fused-ring (bicyclic) bond motifs is 1. The lowest BCUT2D eigenvalue weighted by atomic mass is 9.84. The van der Waals surface area contributed by atoms with Crippen LogP contribution in [0, 0.1) is 0 Å². The predicted molar refractivity (Wildman–Crippen MR) is 77.2 cm³/mol. The third-order valence-corrected chi connectivity index (χ3v) is 4.71. The summed E-state index contributed by atoms with van der Waals surface area (Å²) in [6.07, 6.45) is 8.77. The number of carbonyl (C=O) groups is 1. The zero-order chi connectivity index (χ0) is 14.0. The lowest BCUT2D eigenvalue weighted by Gasteiger charge is -2.35. The first-order valence-electron chi connectivity index (χ1n) is 7.74. The third-order valence-electron chi connectivity index (χ3n) is 4.71. The van der Waals surface area contributed by atoms with E-state index in [4.69, 9.17) is 4.74 Å². The van der Waals surface area contributed by atoms with Crippen molar-refractivity contribution < 1.29 is 14.6 Å². The summed E-state index contributed by atoms with van der Waals surface area (Å²) in [6, 6.07) is 6.09. The second-order valence-electron chi connectivity index (χ2n) is 6.06. The van der Waals surface area contributed by atoms with Crippen LogP contribution in [0.3, 0.4) is 0 Å². The van der Waals surface area contributed by atoms with Gasteiger partial charge in [-0.15, -0.1) is 0 Å². The van der Waals surface area contributed by atoms with Gasteiger partial charge in [-0.3, -0.25) is 0 Å². The van der Waals surface area contributed by atoms with Crippen LogP contribution < -0.4 is 4.74 Å². The van der Waals surface area contributed by atoms with Gasteiger partial charge in [-0.05, 0) is 68.6 Å². The van der Waals surface area contributed by atoms with E-state index in [9.17, 15) is 9.90 Å². The second-order valence-corrected chi connectivity index (χ2v) is 6.06. The Balaban J connectivity index is 1.91. The van der Waals surface area contributed by atoms with Gasteiger partial charge < -0.3 is 9.84 Å². The van der Waals surface area contributed by atoms with Crippen LogP contribution in [-0.2, 0) is 17.6 Å². The van der Waals surface area contributed by atoms with Gasteiger partial charge in [-0.25, -0.2) is 4.79 Å². The van der Waals surface area contributed by atoms with Crippen LogP contribution in [0.2, 0.25) is 0 Å². The Kier molecular flexibility index (Phi) is 3.68. The molecule has 1 fully saturated rings. The Labute approximate surface area is 120 Å². The molecule has 1 aromatic carbocycles. The number of benzene rings is 1. The van der Waals surface area contributed by atoms with Crippen molar-refractivity contribution in [2.24, 2.45) is 0 Å². The molecule has 1 aromatic rings. The maximum Gasteiger partial charge on any atom is 0.348 e. The van der Waals surface area contributed by atoms with E-state index < -0.39 is 11.6 Å². The highest BCUT2D eigenvalue weighted by molar-refractivity contribution is 5.78. The summed E-state index contributed by atoms with van der Waals surface area (Å²) < 4.78 is 6.10. The highest BCUT2D eigenvalue weighted by Crippen LogP contribution is 2.37. The van der Waals surface area contributed by atoms with Crippen LogP contribution in [0.1, 0.15) is 56.1 Å². The molecule has 108 valence electrons. The second kappa shape index (κ2) is 5.47. The van der Waals surface area contributed by atoms with E-state index >= 15 is 0 Å².